The summed E-state index contributed by atoms with van der Waals surface area (Å²) in [5, 5.41) is 14.0. The average molecular weight is 1320 g/mol. The van der Waals surface area contributed by atoms with Crippen molar-refractivity contribution in [3.8, 4) is 58.5 Å². The second-order valence-electron chi connectivity index (χ2n) is 18.4. The third kappa shape index (κ3) is 21.4. The number of aryl methyl sites for hydroxylation is 8. The molecule has 422 valence electrons. The molecule has 0 spiro atoms. The zero-order chi connectivity index (χ0) is 58.2. The van der Waals surface area contributed by atoms with E-state index in [4.69, 9.17) is 0 Å². The quantitative estimate of drug-likeness (QED) is 0.156. The van der Waals surface area contributed by atoms with Gasteiger partial charge in [-0.2, -0.15) is 0 Å². The summed E-state index contributed by atoms with van der Waals surface area (Å²) in [6.07, 6.45) is 0. The van der Waals surface area contributed by atoms with Crippen LogP contribution in [0.5, 0.6) is 0 Å². The molecule has 0 N–H and O–H groups in total. The molecule has 0 atom stereocenters. The highest BCUT2D eigenvalue weighted by atomic mass is 32.1. The summed E-state index contributed by atoms with van der Waals surface area (Å²) >= 11 is 23.8. The number of rotatable bonds is 6. The molecule has 0 saturated heterocycles. The summed E-state index contributed by atoms with van der Waals surface area (Å²) in [6.45, 7) is 17.0. The lowest BCUT2D eigenvalue weighted by Crippen LogP contribution is -1.62. The van der Waals surface area contributed by atoms with Gasteiger partial charge < -0.3 is 0 Å². The number of benzene rings is 2. The van der Waals surface area contributed by atoms with Crippen LogP contribution in [0, 0.1) is 55.4 Å². The minimum atomic E-state index is 1.32. The van der Waals surface area contributed by atoms with Crippen LogP contribution in [0.1, 0.15) is 39.7 Å². The lowest BCUT2D eigenvalue weighted by molar-refractivity contribution is 1.48. The van der Waals surface area contributed by atoms with Crippen molar-refractivity contribution in [2.45, 2.75) is 55.4 Å². The molecule has 0 nitrogen and oxygen atoms in total. The van der Waals surface area contributed by atoms with Crippen LogP contribution in [0.3, 0.4) is 0 Å². The maximum absolute atomic E-state index is 2.23. The zero-order valence-electron chi connectivity index (χ0n) is 47.4. The molecule has 0 radical (unpaired) electrons. The van der Waals surface area contributed by atoms with Crippen LogP contribution < -0.4 is 0 Å². The Balaban J connectivity index is 0.000000127. The maximum atomic E-state index is 2.23. The third-order valence-corrected chi connectivity index (χ3v) is 25.0. The minimum Gasteiger partial charge on any atom is -0.149 e. The predicted octanol–water partition coefficient (Wildman–Crippen LogP) is 27.9. The van der Waals surface area contributed by atoms with E-state index in [1.165, 1.54) is 108 Å². The van der Waals surface area contributed by atoms with Crippen LogP contribution in [-0.4, -0.2) is 0 Å². The van der Waals surface area contributed by atoms with Crippen molar-refractivity contribution in [3.05, 3.63) is 278 Å². The van der Waals surface area contributed by atoms with Crippen LogP contribution in [0.2, 0.25) is 0 Å². The van der Waals surface area contributed by atoms with Crippen LogP contribution in [0.15, 0.2) is 239 Å². The van der Waals surface area contributed by atoms with E-state index in [0.29, 0.717) is 0 Å². The van der Waals surface area contributed by atoms with E-state index in [1.54, 1.807) is 68.0 Å². The molecule has 13 heterocycles. The van der Waals surface area contributed by atoms with Gasteiger partial charge in [-0.15, -0.1) is 147 Å². The topological polar surface area (TPSA) is 0 Å². The van der Waals surface area contributed by atoms with Crippen molar-refractivity contribution in [1.82, 2.24) is 0 Å². The summed E-state index contributed by atoms with van der Waals surface area (Å²) in [6, 6.07) is 72.8. The first-order chi connectivity index (χ1) is 40.4. The van der Waals surface area contributed by atoms with Crippen LogP contribution in [-0.2, 0) is 0 Å². The standard InChI is InChI=1S/2C13H10S3.2C9H8S2.C9H8S.C7H8.2C5H6S/c2*1-9-4-5-12(15-9)13-7-6-11(16-13)10-3-2-8-14-10;2*1-7-4-5-9(11-7)8-3-2-6-10-8;1-7-6-8-4-2-3-5-9(8)10-7;1-7-5-3-2-4-6-7;2*1-5-3-2-4-6-5/h2*2-8H,1H3;2*2-6H,1H3;2-6H,1H3;2-6H,1H3;2*2-4H,1H3. The monoisotopic (exact) mass is 1320 g/mol. The Morgan fingerprint density at radius 1 is 0.193 bits per heavy atom. The van der Waals surface area contributed by atoms with Crippen LogP contribution in [0.4, 0.5) is 0 Å². The smallest absolute Gasteiger partial charge is 0.0449 e. The number of thiophene rings is 13. The highest BCUT2D eigenvalue weighted by Crippen LogP contribution is 2.41. The molecule has 15 rings (SSSR count). The van der Waals surface area contributed by atoms with E-state index in [2.05, 4.69) is 276 Å². The van der Waals surface area contributed by atoms with Gasteiger partial charge in [-0.1, -0.05) is 90.5 Å². The minimum absolute atomic E-state index is 1.32. The van der Waals surface area contributed by atoms with Crippen molar-refractivity contribution in [2.75, 3.05) is 0 Å². The predicted molar refractivity (Wildman–Crippen MR) is 392 cm³/mol. The normalized spacial score (nSPS) is 10.2. The Bertz CT molecular complexity index is 3800. The second-order valence-corrected chi connectivity index (χ2v) is 33.1. The van der Waals surface area contributed by atoms with Crippen LogP contribution in [0.25, 0.3) is 68.6 Å². The Hall–Kier alpha value is -5.20. The molecule has 0 saturated carbocycles. The van der Waals surface area contributed by atoms with E-state index < -0.39 is 0 Å². The summed E-state index contributed by atoms with van der Waals surface area (Å²) < 4.78 is 1.39. The summed E-state index contributed by atoms with van der Waals surface area (Å²) in [4.78, 5) is 26.2. The number of hydrogen-bond acceptors (Lipinski definition) is 13. The molecule has 2 aromatic carbocycles. The van der Waals surface area contributed by atoms with Gasteiger partial charge in [-0.25, -0.2) is 0 Å². The Kier molecular flexibility index (Phi) is 26.2. The molecular weight excluding hydrogens is 1260 g/mol. The molecule has 0 aliphatic carbocycles. The van der Waals surface area contributed by atoms with E-state index in [0.717, 1.165) is 0 Å². The molecule has 0 amide bonds. The van der Waals surface area contributed by atoms with Gasteiger partial charge in [0.15, 0.2) is 0 Å². The first-order valence-corrected chi connectivity index (χ1v) is 37.5. The van der Waals surface area contributed by atoms with Gasteiger partial charge in [0.2, 0.25) is 0 Å². The molecule has 0 fully saturated rings. The van der Waals surface area contributed by atoms with Gasteiger partial charge in [-0.05, 0) is 214 Å². The lowest BCUT2D eigenvalue weighted by atomic mass is 10.2. The van der Waals surface area contributed by atoms with Crippen molar-refractivity contribution in [3.63, 3.8) is 0 Å². The van der Waals surface area contributed by atoms with Gasteiger partial charge in [0.1, 0.15) is 0 Å². The summed E-state index contributed by atoms with van der Waals surface area (Å²) in [5.74, 6) is 0. The molecule has 15 aromatic rings. The van der Waals surface area contributed by atoms with Gasteiger partial charge in [0, 0.05) is 97.4 Å². The fraction of sp³-hybridized carbons (Fsp3) is 0.114. The number of hydrogen-bond donors (Lipinski definition) is 0. The molecule has 0 bridgehead atoms. The van der Waals surface area contributed by atoms with Gasteiger partial charge in [-0.3, -0.25) is 0 Å². The molecule has 0 aliphatic rings. The lowest BCUT2D eigenvalue weighted by Gasteiger charge is -1.90. The van der Waals surface area contributed by atoms with Crippen LogP contribution >= 0.6 is 147 Å². The molecule has 0 unspecified atom stereocenters. The Morgan fingerprint density at radius 3 is 0.759 bits per heavy atom. The fourth-order valence-electron chi connectivity index (χ4n) is 7.52. The Morgan fingerprint density at radius 2 is 0.494 bits per heavy atom. The average Bonchev–Trinajstić information content (AvgIpc) is 4.40. The van der Waals surface area contributed by atoms with E-state index in [-0.39, 0.29) is 0 Å². The van der Waals surface area contributed by atoms with Crippen molar-refractivity contribution in [1.29, 1.82) is 0 Å². The summed E-state index contributed by atoms with van der Waals surface area (Å²) in [5.41, 5.74) is 1.32. The van der Waals surface area contributed by atoms with Crippen molar-refractivity contribution in [2.24, 2.45) is 0 Å². The highest BCUT2D eigenvalue weighted by Gasteiger charge is 2.09. The molecule has 13 heteroatoms. The molecule has 0 aliphatic heterocycles. The van der Waals surface area contributed by atoms with Crippen molar-refractivity contribution >= 4 is 157 Å². The fourth-order valence-corrected chi connectivity index (χ4v) is 18.5. The molecule has 13 aromatic heterocycles. The van der Waals surface area contributed by atoms with Gasteiger partial charge in [0.25, 0.3) is 0 Å². The van der Waals surface area contributed by atoms with Gasteiger partial charge in [0.05, 0.1) is 0 Å². The third-order valence-electron chi connectivity index (χ3n) is 11.5. The first-order valence-electron chi connectivity index (χ1n) is 26.5. The van der Waals surface area contributed by atoms with Gasteiger partial charge >= 0.3 is 0 Å². The first kappa shape index (κ1) is 63.8. The second kappa shape index (κ2) is 34.1. The zero-order valence-corrected chi connectivity index (χ0v) is 58.0. The largest absolute Gasteiger partial charge is 0.149 e. The molecular formula is C70H64S13. The highest BCUT2D eigenvalue weighted by molar-refractivity contribution is 7.27. The SMILES string of the molecule is Cc1cc2ccccc2s1.Cc1ccc(-c2ccc(-c3cccs3)s2)s1.Cc1ccc(-c2ccc(-c3cccs3)s2)s1.Cc1ccc(-c2cccs2)s1.Cc1ccc(-c2cccs2)s1.Cc1ccccc1.Cc1cccs1.Cc1cccs1. The Labute approximate surface area is 543 Å². The van der Waals surface area contributed by atoms with E-state index in [9.17, 15) is 0 Å². The van der Waals surface area contributed by atoms with E-state index in [1.807, 2.05) is 97.6 Å². The summed E-state index contributed by atoms with van der Waals surface area (Å²) in [7, 11) is 0. The molecule has 83 heavy (non-hydrogen) atoms. The van der Waals surface area contributed by atoms with Crippen molar-refractivity contribution < 1.29 is 0 Å². The number of fused-ring (bicyclic) bond motifs is 1. The van der Waals surface area contributed by atoms with E-state index >= 15 is 0 Å². The maximum Gasteiger partial charge on any atom is 0.0449 e.